The summed E-state index contributed by atoms with van der Waals surface area (Å²) in [6, 6.07) is 12.5. The average Bonchev–Trinajstić information content (AvgIpc) is 2.91. The molecule has 0 unspecified atom stereocenters. The average molecular weight is 526 g/mol. The number of carbonyl (C=O) groups excluding carboxylic acids is 1. The molecule has 0 atom stereocenters. The van der Waals surface area contributed by atoms with Crippen LogP contribution in [0.3, 0.4) is 0 Å². The molecule has 1 fully saturated rings. The third-order valence-corrected chi connectivity index (χ3v) is 6.86. The number of hydrogen-bond donors (Lipinski definition) is 3. The van der Waals surface area contributed by atoms with E-state index in [2.05, 4.69) is 17.4 Å². The van der Waals surface area contributed by atoms with Gasteiger partial charge in [-0.2, -0.15) is 0 Å². The topological polar surface area (TPSA) is 122 Å². The van der Waals surface area contributed by atoms with Crippen molar-refractivity contribution in [1.82, 2.24) is 5.32 Å². The number of rotatable bonds is 16. The first-order valence-electron chi connectivity index (χ1n) is 13.6. The van der Waals surface area contributed by atoms with Gasteiger partial charge in [-0.1, -0.05) is 44.2 Å². The SMILES string of the molecule is O=C(O)CCNC(=O)Cc1cc(C(=O)O)ccc1OCCCc1ccc(OCCCC2CCCCC2)cc1. The van der Waals surface area contributed by atoms with Crippen molar-refractivity contribution in [2.45, 2.75) is 70.6 Å². The van der Waals surface area contributed by atoms with Gasteiger partial charge in [0, 0.05) is 12.1 Å². The van der Waals surface area contributed by atoms with E-state index in [1.807, 2.05) is 12.1 Å². The molecule has 8 nitrogen and oxygen atoms in total. The van der Waals surface area contributed by atoms with E-state index in [0.717, 1.165) is 37.5 Å². The lowest BCUT2D eigenvalue weighted by Crippen LogP contribution is -2.27. The molecule has 0 radical (unpaired) electrons. The summed E-state index contributed by atoms with van der Waals surface area (Å²) in [5, 5.41) is 20.5. The Morgan fingerprint density at radius 1 is 0.895 bits per heavy atom. The van der Waals surface area contributed by atoms with E-state index >= 15 is 0 Å². The zero-order valence-electron chi connectivity index (χ0n) is 22.0. The van der Waals surface area contributed by atoms with Gasteiger partial charge >= 0.3 is 11.9 Å². The lowest BCUT2D eigenvalue weighted by molar-refractivity contribution is -0.136. The van der Waals surface area contributed by atoms with Crippen molar-refractivity contribution < 1.29 is 34.1 Å². The maximum atomic E-state index is 12.2. The molecule has 38 heavy (non-hydrogen) atoms. The fraction of sp³-hybridized carbons (Fsp3) is 0.500. The van der Waals surface area contributed by atoms with Crippen LogP contribution in [0.15, 0.2) is 42.5 Å². The minimum absolute atomic E-state index is 0.00722. The Morgan fingerprint density at radius 3 is 2.34 bits per heavy atom. The summed E-state index contributed by atoms with van der Waals surface area (Å²) >= 11 is 0. The molecule has 8 heteroatoms. The summed E-state index contributed by atoms with van der Waals surface area (Å²) in [5.41, 5.74) is 1.67. The number of amides is 1. The van der Waals surface area contributed by atoms with Crippen LogP contribution >= 0.6 is 0 Å². The Bertz CT molecular complexity index is 1050. The number of hydrogen-bond acceptors (Lipinski definition) is 5. The Hall–Kier alpha value is -3.55. The normalized spacial score (nSPS) is 13.6. The maximum Gasteiger partial charge on any atom is 0.335 e. The number of nitrogens with one attached hydrogen (secondary N) is 1. The van der Waals surface area contributed by atoms with Crippen LogP contribution in [-0.4, -0.2) is 47.8 Å². The minimum atomic E-state index is -1.10. The van der Waals surface area contributed by atoms with Gasteiger partial charge in [0.1, 0.15) is 11.5 Å². The highest BCUT2D eigenvalue weighted by Crippen LogP contribution is 2.27. The fourth-order valence-electron chi connectivity index (χ4n) is 4.78. The monoisotopic (exact) mass is 525 g/mol. The number of benzene rings is 2. The molecular weight excluding hydrogens is 486 g/mol. The standard InChI is InChI=1S/C30H39NO7/c32-28(31-17-16-29(33)34)21-25-20-24(30(35)36)12-15-27(25)38-19-5-9-23-10-13-26(14-11-23)37-18-4-8-22-6-2-1-3-7-22/h10-15,20,22H,1-9,16-19,21H2,(H,31,32)(H,33,34)(H,35,36). The highest BCUT2D eigenvalue weighted by molar-refractivity contribution is 5.89. The second-order valence-corrected chi connectivity index (χ2v) is 9.89. The highest BCUT2D eigenvalue weighted by Gasteiger charge is 2.14. The van der Waals surface area contributed by atoms with Crippen molar-refractivity contribution in [1.29, 1.82) is 0 Å². The molecule has 1 saturated carbocycles. The summed E-state index contributed by atoms with van der Waals surface area (Å²) in [6.07, 6.45) is 10.5. The van der Waals surface area contributed by atoms with Crippen molar-refractivity contribution >= 4 is 17.8 Å². The van der Waals surface area contributed by atoms with Gasteiger partial charge < -0.3 is 25.0 Å². The molecule has 1 aliphatic carbocycles. The predicted octanol–water partition coefficient (Wildman–Crippen LogP) is 5.27. The molecule has 0 bridgehead atoms. The van der Waals surface area contributed by atoms with Gasteiger partial charge in [0.15, 0.2) is 0 Å². The van der Waals surface area contributed by atoms with Crippen LogP contribution in [-0.2, 0) is 22.4 Å². The van der Waals surface area contributed by atoms with Crippen LogP contribution < -0.4 is 14.8 Å². The van der Waals surface area contributed by atoms with E-state index in [9.17, 15) is 19.5 Å². The Morgan fingerprint density at radius 2 is 1.63 bits per heavy atom. The van der Waals surface area contributed by atoms with Gasteiger partial charge in [-0.25, -0.2) is 4.79 Å². The van der Waals surface area contributed by atoms with Gasteiger partial charge in [0.05, 0.1) is 31.6 Å². The second-order valence-electron chi connectivity index (χ2n) is 9.89. The molecule has 2 aromatic carbocycles. The van der Waals surface area contributed by atoms with E-state index in [0.29, 0.717) is 17.9 Å². The largest absolute Gasteiger partial charge is 0.494 e. The van der Waals surface area contributed by atoms with Gasteiger partial charge in [-0.15, -0.1) is 0 Å². The van der Waals surface area contributed by atoms with E-state index in [1.165, 1.54) is 56.2 Å². The molecule has 2 aromatic rings. The van der Waals surface area contributed by atoms with Crippen LogP contribution in [0.5, 0.6) is 11.5 Å². The van der Waals surface area contributed by atoms with E-state index < -0.39 is 17.8 Å². The molecule has 3 N–H and O–H groups in total. The second kappa shape index (κ2) is 15.6. The zero-order chi connectivity index (χ0) is 27.2. The number of carbonyl (C=O) groups is 3. The smallest absolute Gasteiger partial charge is 0.335 e. The minimum Gasteiger partial charge on any atom is -0.494 e. The third kappa shape index (κ3) is 10.4. The summed E-state index contributed by atoms with van der Waals surface area (Å²) in [6.45, 7) is 1.16. The molecule has 3 rings (SSSR count). The van der Waals surface area contributed by atoms with Crippen molar-refractivity contribution in [3.63, 3.8) is 0 Å². The summed E-state index contributed by atoms with van der Waals surface area (Å²) < 4.78 is 11.8. The van der Waals surface area contributed by atoms with Crippen LogP contribution in [0.4, 0.5) is 0 Å². The van der Waals surface area contributed by atoms with Crippen molar-refractivity contribution in [3.05, 3.63) is 59.2 Å². The first-order valence-corrected chi connectivity index (χ1v) is 13.6. The van der Waals surface area contributed by atoms with Crippen LogP contribution in [0.25, 0.3) is 0 Å². The Labute approximate surface area is 224 Å². The first-order chi connectivity index (χ1) is 18.4. The quantitative estimate of drug-likeness (QED) is 0.255. The summed E-state index contributed by atoms with van der Waals surface area (Å²) in [4.78, 5) is 34.2. The molecule has 1 aliphatic rings. The molecule has 0 aliphatic heterocycles. The van der Waals surface area contributed by atoms with Crippen LogP contribution in [0.1, 0.15) is 79.3 Å². The molecule has 0 aromatic heterocycles. The van der Waals surface area contributed by atoms with Gasteiger partial charge in [-0.3, -0.25) is 9.59 Å². The lowest BCUT2D eigenvalue weighted by atomic mass is 9.86. The maximum absolute atomic E-state index is 12.2. The fourth-order valence-corrected chi connectivity index (χ4v) is 4.78. The van der Waals surface area contributed by atoms with Gasteiger partial charge in [-0.05, 0) is 67.5 Å². The Balaban J connectivity index is 1.41. The van der Waals surface area contributed by atoms with Crippen molar-refractivity contribution in [3.8, 4) is 11.5 Å². The Kier molecular flexibility index (Phi) is 11.9. The number of carboxylic acid groups (broad SMARTS) is 2. The number of carboxylic acids is 2. The van der Waals surface area contributed by atoms with Crippen LogP contribution in [0, 0.1) is 5.92 Å². The summed E-state index contributed by atoms with van der Waals surface area (Å²) in [5.74, 6) is -0.284. The number of aliphatic carboxylic acids is 1. The molecular formula is C30H39NO7. The number of aryl methyl sites for hydroxylation is 1. The number of aromatic carboxylic acids is 1. The molecule has 0 heterocycles. The van der Waals surface area contributed by atoms with Gasteiger partial charge in [0.25, 0.3) is 0 Å². The predicted molar refractivity (Wildman–Crippen MR) is 144 cm³/mol. The molecule has 1 amide bonds. The molecule has 0 saturated heterocycles. The van der Waals surface area contributed by atoms with E-state index in [1.54, 1.807) is 6.07 Å². The summed E-state index contributed by atoms with van der Waals surface area (Å²) in [7, 11) is 0. The van der Waals surface area contributed by atoms with E-state index in [-0.39, 0.29) is 24.9 Å². The van der Waals surface area contributed by atoms with Crippen LogP contribution in [0.2, 0.25) is 0 Å². The lowest BCUT2D eigenvalue weighted by Gasteiger charge is -2.21. The van der Waals surface area contributed by atoms with Gasteiger partial charge in [0.2, 0.25) is 5.91 Å². The molecule has 0 spiro atoms. The number of ether oxygens (including phenoxy) is 2. The van der Waals surface area contributed by atoms with Crippen molar-refractivity contribution in [2.24, 2.45) is 5.92 Å². The highest BCUT2D eigenvalue weighted by atomic mass is 16.5. The first kappa shape index (κ1) is 29.0. The van der Waals surface area contributed by atoms with Crippen molar-refractivity contribution in [2.75, 3.05) is 19.8 Å². The zero-order valence-corrected chi connectivity index (χ0v) is 22.0. The third-order valence-electron chi connectivity index (χ3n) is 6.86. The van der Waals surface area contributed by atoms with E-state index in [4.69, 9.17) is 14.6 Å². The molecule has 206 valence electrons.